The first-order valence-electron chi connectivity index (χ1n) is 9.23. The zero-order valence-corrected chi connectivity index (χ0v) is 17.2. The number of ketones is 1. The molecule has 1 aliphatic heterocycles. The molecule has 0 saturated heterocycles. The van der Waals surface area contributed by atoms with Gasteiger partial charge in [0.05, 0.1) is 11.9 Å². The maximum atomic E-state index is 12.7. The molecule has 1 aliphatic rings. The summed E-state index contributed by atoms with van der Waals surface area (Å²) >= 11 is 0. The molecule has 0 amide bonds. The van der Waals surface area contributed by atoms with Crippen molar-refractivity contribution in [3.63, 3.8) is 0 Å². The topological polar surface area (TPSA) is 98.0 Å². The predicted molar refractivity (Wildman–Crippen MR) is 109 cm³/mol. The summed E-state index contributed by atoms with van der Waals surface area (Å²) in [6.07, 6.45) is 1.77. The molecule has 150 valence electrons. The molecule has 2 heterocycles. The summed E-state index contributed by atoms with van der Waals surface area (Å²) in [5.74, 6) is 0.314. The minimum Gasteiger partial charge on any atom is -0.292 e. The number of tetrazole rings is 1. The SMILES string of the molecule is Cc1ccccc1-c1nnn(CC(=O)c2ccc3c(c2)C[C@H](C)N3S(C)(=O)=O)n1. The van der Waals surface area contributed by atoms with Crippen LogP contribution in [0, 0.1) is 6.92 Å². The molecular weight excluding hydrogens is 390 g/mol. The number of sulfonamides is 1. The number of rotatable bonds is 5. The molecule has 0 radical (unpaired) electrons. The van der Waals surface area contributed by atoms with Gasteiger partial charge in [-0.25, -0.2) is 8.42 Å². The molecule has 1 atom stereocenters. The van der Waals surface area contributed by atoms with Crippen LogP contribution in [0.2, 0.25) is 0 Å². The van der Waals surface area contributed by atoms with Crippen molar-refractivity contribution in [2.45, 2.75) is 32.9 Å². The van der Waals surface area contributed by atoms with E-state index in [1.165, 1.54) is 15.4 Å². The fraction of sp³-hybridized carbons (Fsp3) is 0.300. The second-order valence-corrected chi connectivity index (χ2v) is 9.20. The summed E-state index contributed by atoms with van der Waals surface area (Å²) < 4.78 is 25.5. The van der Waals surface area contributed by atoms with Gasteiger partial charge < -0.3 is 0 Å². The van der Waals surface area contributed by atoms with E-state index in [9.17, 15) is 13.2 Å². The maximum absolute atomic E-state index is 12.7. The Bertz CT molecular complexity index is 1200. The quantitative estimate of drug-likeness (QED) is 0.597. The van der Waals surface area contributed by atoms with Crippen LogP contribution >= 0.6 is 0 Å². The van der Waals surface area contributed by atoms with Crippen molar-refractivity contribution in [3.8, 4) is 11.4 Å². The summed E-state index contributed by atoms with van der Waals surface area (Å²) in [5.41, 5.74) is 3.89. The van der Waals surface area contributed by atoms with E-state index in [-0.39, 0.29) is 18.4 Å². The standard InChI is InChI=1S/C20H21N5O3S/c1-13-6-4-5-7-17(13)20-21-23-24(22-20)12-19(26)15-8-9-18-16(11-15)10-14(2)25(18)29(3,27)28/h4-9,11,14H,10,12H2,1-3H3/t14-/m0/s1. The number of carbonyl (C=O) groups is 1. The number of anilines is 1. The van der Waals surface area contributed by atoms with Crippen LogP contribution < -0.4 is 4.31 Å². The van der Waals surface area contributed by atoms with Crippen molar-refractivity contribution in [3.05, 3.63) is 59.2 Å². The van der Waals surface area contributed by atoms with E-state index in [2.05, 4.69) is 15.4 Å². The summed E-state index contributed by atoms with van der Waals surface area (Å²) in [6, 6.07) is 12.7. The Balaban J connectivity index is 1.55. The number of benzene rings is 2. The first-order chi connectivity index (χ1) is 13.7. The van der Waals surface area contributed by atoms with E-state index < -0.39 is 10.0 Å². The van der Waals surface area contributed by atoms with Crippen molar-refractivity contribution in [2.75, 3.05) is 10.6 Å². The Labute approximate surface area is 169 Å². The summed E-state index contributed by atoms with van der Waals surface area (Å²) in [5, 5.41) is 12.4. The number of hydrogen-bond acceptors (Lipinski definition) is 6. The fourth-order valence-corrected chi connectivity index (χ4v) is 5.01. The van der Waals surface area contributed by atoms with E-state index in [0.717, 1.165) is 16.7 Å². The van der Waals surface area contributed by atoms with Crippen molar-refractivity contribution >= 4 is 21.5 Å². The number of carbonyl (C=O) groups excluding carboxylic acids is 1. The number of fused-ring (bicyclic) bond motifs is 1. The molecular formula is C20H21N5O3S. The van der Waals surface area contributed by atoms with Gasteiger partial charge in [-0.15, -0.1) is 10.2 Å². The van der Waals surface area contributed by atoms with Gasteiger partial charge in [0.25, 0.3) is 0 Å². The van der Waals surface area contributed by atoms with E-state index in [0.29, 0.717) is 23.5 Å². The molecule has 0 fully saturated rings. The average molecular weight is 411 g/mol. The van der Waals surface area contributed by atoms with Crippen molar-refractivity contribution in [2.24, 2.45) is 0 Å². The second-order valence-electron chi connectivity index (χ2n) is 7.34. The third-order valence-corrected chi connectivity index (χ3v) is 6.31. The van der Waals surface area contributed by atoms with Crippen molar-refractivity contribution in [1.82, 2.24) is 20.2 Å². The third-order valence-electron chi connectivity index (χ3n) is 5.04. The monoisotopic (exact) mass is 411 g/mol. The lowest BCUT2D eigenvalue weighted by molar-refractivity contribution is 0.0961. The highest BCUT2D eigenvalue weighted by Crippen LogP contribution is 2.34. The van der Waals surface area contributed by atoms with Gasteiger partial charge in [-0.3, -0.25) is 9.10 Å². The van der Waals surface area contributed by atoms with E-state index in [1.54, 1.807) is 18.2 Å². The van der Waals surface area contributed by atoms with Crippen LogP contribution in [-0.2, 0) is 23.0 Å². The van der Waals surface area contributed by atoms with Crippen molar-refractivity contribution in [1.29, 1.82) is 0 Å². The molecule has 0 aliphatic carbocycles. The third kappa shape index (κ3) is 3.65. The molecule has 29 heavy (non-hydrogen) atoms. The first kappa shape index (κ1) is 19.3. The molecule has 9 heteroatoms. The number of hydrogen-bond donors (Lipinski definition) is 0. The molecule has 0 saturated carbocycles. The minimum atomic E-state index is -3.36. The molecule has 0 bridgehead atoms. The lowest BCUT2D eigenvalue weighted by Crippen LogP contribution is -2.34. The van der Waals surface area contributed by atoms with Crippen LogP contribution in [0.1, 0.15) is 28.4 Å². The number of aryl methyl sites for hydroxylation is 1. The van der Waals surface area contributed by atoms with Gasteiger partial charge in [0.1, 0.15) is 6.54 Å². The largest absolute Gasteiger partial charge is 0.292 e. The molecule has 8 nitrogen and oxygen atoms in total. The van der Waals surface area contributed by atoms with Gasteiger partial charge in [0, 0.05) is 17.2 Å². The fourth-order valence-electron chi connectivity index (χ4n) is 3.74. The van der Waals surface area contributed by atoms with Crippen molar-refractivity contribution < 1.29 is 13.2 Å². The zero-order chi connectivity index (χ0) is 20.8. The van der Waals surface area contributed by atoms with E-state index >= 15 is 0 Å². The van der Waals surface area contributed by atoms with Gasteiger partial charge in [0.2, 0.25) is 15.8 Å². The highest BCUT2D eigenvalue weighted by Gasteiger charge is 2.32. The highest BCUT2D eigenvalue weighted by atomic mass is 32.2. The van der Waals surface area contributed by atoms with Crippen LogP contribution in [0.25, 0.3) is 11.4 Å². The normalized spacial score (nSPS) is 16.1. The minimum absolute atomic E-state index is 0.0387. The van der Waals surface area contributed by atoms with Gasteiger partial charge in [-0.05, 0) is 54.8 Å². The van der Waals surface area contributed by atoms with E-state index in [4.69, 9.17) is 0 Å². The Morgan fingerprint density at radius 1 is 1.21 bits per heavy atom. The molecule has 0 spiro atoms. The molecule has 0 unspecified atom stereocenters. The lowest BCUT2D eigenvalue weighted by Gasteiger charge is -2.21. The predicted octanol–water partition coefficient (Wildman–Crippen LogP) is 2.24. The first-order valence-corrected chi connectivity index (χ1v) is 11.1. The van der Waals surface area contributed by atoms with E-state index in [1.807, 2.05) is 38.1 Å². The highest BCUT2D eigenvalue weighted by molar-refractivity contribution is 7.92. The van der Waals surface area contributed by atoms with Crippen LogP contribution in [0.5, 0.6) is 0 Å². The van der Waals surface area contributed by atoms with Crippen LogP contribution in [0.3, 0.4) is 0 Å². The smallest absolute Gasteiger partial charge is 0.232 e. The van der Waals surface area contributed by atoms with Gasteiger partial charge in [0.15, 0.2) is 5.78 Å². The van der Waals surface area contributed by atoms with Crippen LogP contribution in [0.15, 0.2) is 42.5 Å². The van der Waals surface area contributed by atoms with Gasteiger partial charge in [-0.1, -0.05) is 24.3 Å². The van der Waals surface area contributed by atoms with Gasteiger partial charge in [-0.2, -0.15) is 4.80 Å². The maximum Gasteiger partial charge on any atom is 0.232 e. The Kier molecular flexibility index (Phi) is 4.70. The van der Waals surface area contributed by atoms with Gasteiger partial charge >= 0.3 is 0 Å². The van der Waals surface area contributed by atoms with Crippen LogP contribution in [0.4, 0.5) is 5.69 Å². The second kappa shape index (κ2) is 7.07. The molecule has 0 N–H and O–H groups in total. The Hall–Kier alpha value is -3.07. The summed E-state index contributed by atoms with van der Waals surface area (Å²) in [4.78, 5) is 14.0. The Morgan fingerprint density at radius 2 is 1.97 bits per heavy atom. The Morgan fingerprint density at radius 3 is 2.69 bits per heavy atom. The van der Waals surface area contributed by atoms with Crippen LogP contribution in [-0.4, -0.2) is 46.7 Å². The zero-order valence-electron chi connectivity index (χ0n) is 16.4. The lowest BCUT2D eigenvalue weighted by atomic mass is 10.0. The molecule has 2 aromatic carbocycles. The number of Topliss-reactive ketones (excluding diaryl/α,β-unsaturated/α-hetero) is 1. The molecule has 3 aromatic rings. The molecule has 1 aromatic heterocycles. The summed E-state index contributed by atoms with van der Waals surface area (Å²) in [7, 11) is -3.36. The molecule has 4 rings (SSSR count). The number of aromatic nitrogens is 4. The summed E-state index contributed by atoms with van der Waals surface area (Å²) in [6.45, 7) is 3.78. The average Bonchev–Trinajstić information content (AvgIpc) is 3.24. The number of nitrogens with zero attached hydrogens (tertiary/aromatic N) is 5.